The molecular formula is C2H15Cl2N3Si2. The predicted octanol–water partition coefficient (Wildman–Crippen LogP) is -0.790. The van der Waals surface area contributed by atoms with Crippen LogP contribution in [-0.4, -0.2) is 17.1 Å². The van der Waals surface area contributed by atoms with Gasteiger partial charge in [-0.05, 0) is 13.1 Å². The summed E-state index contributed by atoms with van der Waals surface area (Å²) in [6.07, 6.45) is 0. The lowest BCUT2D eigenvalue weighted by molar-refractivity contribution is 1.26. The molecule has 6 N–H and O–H groups in total. The van der Waals surface area contributed by atoms with Crippen molar-refractivity contribution >= 4 is 39.3 Å². The summed E-state index contributed by atoms with van der Waals surface area (Å²) in [5.41, 5.74) is 0. The van der Waals surface area contributed by atoms with E-state index in [1.807, 2.05) is 13.1 Å². The molecule has 0 bridgehead atoms. The molecule has 7 heteroatoms. The molecule has 0 saturated heterocycles. The Bertz CT molecular complexity index is 33.3. The number of hydrogen-bond acceptors (Lipinski definition) is 3. The molecule has 0 aromatic heterocycles. The van der Waals surface area contributed by atoms with E-state index in [0.29, 0.717) is 0 Å². The third-order valence-corrected chi connectivity index (χ3v) is 0. The Balaban J connectivity index is -0.0000000771. The Morgan fingerprint density at radius 3 is 1.11 bits per heavy atom. The van der Waals surface area contributed by atoms with Gasteiger partial charge < -0.3 is 5.40 Å². The molecule has 0 aliphatic heterocycles. The number of nitrogens with two attached hydrogens (primary N) is 3. The van der Waals surface area contributed by atoms with Gasteiger partial charge in [-0.25, -0.2) is 0 Å². The second kappa shape index (κ2) is 11.7. The molecular weight excluding hydrogens is 193 g/mol. The van der Waals surface area contributed by atoms with Crippen molar-refractivity contribution in [2.24, 2.45) is 17.1 Å². The van der Waals surface area contributed by atoms with Crippen LogP contribution in [0.5, 0.6) is 0 Å². The third-order valence-electron chi connectivity index (χ3n) is 0. The Morgan fingerprint density at radius 1 is 1.11 bits per heavy atom. The molecule has 0 atom stereocenters. The zero-order valence-corrected chi connectivity index (χ0v) is 10.5. The average molecular weight is 208 g/mol. The molecule has 0 amide bonds. The first-order valence-electron chi connectivity index (χ1n) is 2.29. The number of halogens is 2. The highest BCUT2D eigenvalue weighted by Crippen LogP contribution is 2.10. The van der Waals surface area contributed by atoms with Crippen molar-refractivity contribution in [3.05, 3.63) is 0 Å². The summed E-state index contributed by atoms with van der Waals surface area (Å²) in [5, 5.41) is 4.64. The van der Waals surface area contributed by atoms with Crippen molar-refractivity contribution in [3.8, 4) is 0 Å². The van der Waals surface area contributed by atoms with E-state index in [1.165, 1.54) is 0 Å². The molecule has 0 spiro atoms. The predicted molar refractivity (Wildman–Crippen MR) is 51.7 cm³/mol. The van der Waals surface area contributed by atoms with Gasteiger partial charge >= 0.3 is 0 Å². The van der Waals surface area contributed by atoms with E-state index in [1.54, 1.807) is 0 Å². The molecule has 0 rings (SSSR count). The normalized spacial score (nSPS) is 8.33. The molecule has 0 aliphatic carbocycles. The molecule has 0 fully saturated rings. The lowest BCUT2D eigenvalue weighted by atomic mass is 11.9. The molecule has 9 heavy (non-hydrogen) atoms. The number of hydrazine groups is 1. The fourth-order valence-corrected chi connectivity index (χ4v) is 0. The van der Waals surface area contributed by atoms with Gasteiger partial charge in [-0.3, -0.25) is 11.7 Å². The summed E-state index contributed by atoms with van der Waals surface area (Å²) in [5.74, 6) is 8.00. The maximum atomic E-state index is 5.43. The smallest absolute Gasteiger partial charge is 0.245 e. The standard InChI is InChI=1S/C2H6Cl2Si.H4N2.H5NSi/c1-5(2,3)4;2*1-2/h1-2H3;1-2H2;1H2,2H3. The summed E-state index contributed by atoms with van der Waals surface area (Å²) >= 11 is 10.9. The van der Waals surface area contributed by atoms with Crippen LogP contribution in [-0.2, 0) is 0 Å². The molecule has 0 saturated carbocycles. The van der Waals surface area contributed by atoms with E-state index in [4.69, 9.17) is 22.2 Å². The van der Waals surface area contributed by atoms with Gasteiger partial charge in [-0.1, -0.05) is 0 Å². The van der Waals surface area contributed by atoms with E-state index in [2.05, 4.69) is 17.1 Å². The lowest BCUT2D eigenvalue weighted by Gasteiger charge is -1.93. The van der Waals surface area contributed by atoms with Crippen molar-refractivity contribution in [2.45, 2.75) is 13.1 Å². The summed E-state index contributed by atoms with van der Waals surface area (Å²) in [6, 6.07) is 0. The summed E-state index contributed by atoms with van der Waals surface area (Å²) < 4.78 is 0. The minimum absolute atomic E-state index is 0.806. The molecule has 0 aliphatic rings. The Hall–Kier alpha value is 0.894. The van der Waals surface area contributed by atoms with Gasteiger partial charge in [0.25, 0.3) is 0 Å². The SMILES string of the molecule is C[Si](C)(Cl)Cl.NN.N[SiH3]. The molecule has 0 radical (unpaired) electrons. The maximum Gasteiger partial charge on any atom is 0.245 e. The number of hydrogen-bond donors (Lipinski definition) is 3. The summed E-state index contributed by atoms with van der Waals surface area (Å²) in [6.45, 7) is 2.05. The van der Waals surface area contributed by atoms with Crippen LogP contribution < -0.4 is 17.1 Å². The highest BCUT2D eigenvalue weighted by Gasteiger charge is 2.08. The average Bonchev–Trinajstić information content (AvgIpc) is 1.72. The molecule has 3 nitrogen and oxygen atoms in total. The fourth-order valence-electron chi connectivity index (χ4n) is 0. The summed E-state index contributed by atoms with van der Waals surface area (Å²) in [4.78, 5) is 0. The Kier molecular flexibility index (Phi) is 21.3. The summed E-state index contributed by atoms with van der Waals surface area (Å²) in [7, 11) is 0.806. The molecule has 0 heterocycles. The van der Waals surface area contributed by atoms with E-state index >= 15 is 0 Å². The van der Waals surface area contributed by atoms with Gasteiger partial charge in [0.1, 0.15) is 0 Å². The van der Waals surface area contributed by atoms with Gasteiger partial charge in [0.15, 0.2) is 0 Å². The van der Waals surface area contributed by atoms with Crippen molar-refractivity contribution in [1.29, 1.82) is 0 Å². The zero-order valence-electron chi connectivity index (χ0n) is 5.99. The Labute approximate surface area is 69.8 Å². The monoisotopic (exact) mass is 207 g/mol. The first-order chi connectivity index (χ1) is 4.00. The van der Waals surface area contributed by atoms with Crippen molar-refractivity contribution in [2.75, 3.05) is 0 Å². The molecule has 0 aromatic rings. The molecule has 0 unspecified atom stereocenters. The second-order valence-electron chi connectivity index (χ2n) is 1.33. The second-order valence-corrected chi connectivity index (χ2v) is 10.2. The van der Waals surface area contributed by atoms with Crippen LogP contribution in [0.25, 0.3) is 0 Å². The van der Waals surface area contributed by atoms with E-state index < -0.39 is 6.69 Å². The van der Waals surface area contributed by atoms with Crippen molar-refractivity contribution in [1.82, 2.24) is 0 Å². The lowest BCUT2D eigenvalue weighted by Crippen LogP contribution is -2.02. The third kappa shape index (κ3) is 529. The Morgan fingerprint density at radius 2 is 1.11 bits per heavy atom. The van der Waals surface area contributed by atoms with Gasteiger partial charge in [0, 0.05) is 0 Å². The molecule has 0 aromatic carbocycles. The van der Waals surface area contributed by atoms with Crippen molar-refractivity contribution in [3.63, 3.8) is 0 Å². The highest BCUT2D eigenvalue weighted by atomic mass is 35.7. The quantitative estimate of drug-likeness (QED) is 0.211. The van der Waals surface area contributed by atoms with Crippen LogP contribution in [0.3, 0.4) is 0 Å². The largest absolute Gasteiger partial charge is 0.358 e. The van der Waals surface area contributed by atoms with Crippen LogP contribution in [0.4, 0.5) is 0 Å². The van der Waals surface area contributed by atoms with Gasteiger partial charge in [-0.2, -0.15) is 0 Å². The number of rotatable bonds is 0. The highest BCUT2D eigenvalue weighted by molar-refractivity contribution is 7.44. The van der Waals surface area contributed by atoms with Gasteiger partial charge in [0.2, 0.25) is 6.69 Å². The van der Waals surface area contributed by atoms with E-state index in [9.17, 15) is 0 Å². The van der Waals surface area contributed by atoms with Crippen LogP contribution in [0.2, 0.25) is 13.1 Å². The van der Waals surface area contributed by atoms with Crippen LogP contribution in [0.15, 0.2) is 0 Å². The van der Waals surface area contributed by atoms with Gasteiger partial charge in [-0.15, -0.1) is 22.2 Å². The maximum absolute atomic E-state index is 5.43. The van der Waals surface area contributed by atoms with Crippen molar-refractivity contribution < 1.29 is 0 Å². The fraction of sp³-hybridized carbons (Fsp3) is 1.00. The topological polar surface area (TPSA) is 78.1 Å². The van der Waals surface area contributed by atoms with E-state index in [0.717, 1.165) is 10.4 Å². The minimum atomic E-state index is -1.67. The molecule has 60 valence electrons. The van der Waals surface area contributed by atoms with Crippen LogP contribution >= 0.6 is 22.2 Å². The first-order valence-corrected chi connectivity index (χ1v) is 8.47. The minimum Gasteiger partial charge on any atom is -0.358 e. The van der Waals surface area contributed by atoms with E-state index in [-0.39, 0.29) is 0 Å². The first kappa shape index (κ1) is 16.5. The van der Waals surface area contributed by atoms with Crippen LogP contribution in [0.1, 0.15) is 0 Å². The zero-order chi connectivity index (χ0) is 8.50. The van der Waals surface area contributed by atoms with Gasteiger partial charge in [0.05, 0.1) is 10.4 Å². The van der Waals surface area contributed by atoms with Crippen LogP contribution in [0, 0.1) is 0 Å².